The average molecular weight is 332 g/mol. The van der Waals surface area contributed by atoms with Gasteiger partial charge in [0.1, 0.15) is 17.4 Å². The highest BCUT2D eigenvalue weighted by atomic mass is 19.1. The fourth-order valence-corrected chi connectivity index (χ4v) is 2.89. The van der Waals surface area contributed by atoms with E-state index in [0.29, 0.717) is 11.7 Å². The minimum Gasteiger partial charge on any atom is -0.484 e. The Balaban J connectivity index is 1.42. The number of likely N-dealkylation sites (tertiary alicyclic amines) is 1. The Bertz CT molecular complexity index is 678. The van der Waals surface area contributed by atoms with Crippen LogP contribution in [-0.4, -0.2) is 45.7 Å². The van der Waals surface area contributed by atoms with E-state index in [1.54, 1.807) is 0 Å². The Morgan fingerprint density at radius 3 is 2.67 bits per heavy atom. The van der Waals surface area contributed by atoms with Crippen LogP contribution in [0.5, 0.6) is 5.75 Å². The van der Waals surface area contributed by atoms with Gasteiger partial charge >= 0.3 is 0 Å². The monoisotopic (exact) mass is 332 g/mol. The SMILES string of the molecule is Cc1nc(CC2CCN(C(=O)COc3ccc(F)cc3)CC2)n[nH]1. The molecule has 1 aromatic heterocycles. The second kappa shape index (κ2) is 7.42. The maximum atomic E-state index is 12.8. The van der Waals surface area contributed by atoms with Gasteiger partial charge in [-0.3, -0.25) is 9.89 Å². The Labute approximate surface area is 140 Å². The number of aromatic nitrogens is 3. The second-order valence-corrected chi connectivity index (χ2v) is 6.11. The minimum absolute atomic E-state index is 0.0174. The van der Waals surface area contributed by atoms with Gasteiger partial charge in [0.15, 0.2) is 12.4 Å². The van der Waals surface area contributed by atoms with E-state index in [2.05, 4.69) is 15.2 Å². The number of carbonyl (C=O) groups excluding carboxylic acids is 1. The van der Waals surface area contributed by atoms with Gasteiger partial charge in [-0.1, -0.05) is 0 Å². The van der Waals surface area contributed by atoms with Gasteiger partial charge in [-0.2, -0.15) is 5.10 Å². The standard InChI is InChI=1S/C17H21FN4O2/c1-12-19-16(21-20-12)10-13-6-8-22(9-7-13)17(23)11-24-15-4-2-14(18)3-5-15/h2-5,13H,6-11H2,1H3,(H,19,20,21). The van der Waals surface area contributed by atoms with Crippen molar-refractivity contribution in [2.75, 3.05) is 19.7 Å². The molecule has 1 amide bonds. The molecule has 0 radical (unpaired) electrons. The lowest BCUT2D eigenvalue weighted by Gasteiger charge is -2.31. The first-order valence-electron chi connectivity index (χ1n) is 8.14. The third kappa shape index (κ3) is 4.31. The van der Waals surface area contributed by atoms with Gasteiger partial charge in [-0.05, 0) is 49.9 Å². The number of aromatic amines is 1. The third-order valence-electron chi connectivity index (χ3n) is 4.26. The van der Waals surface area contributed by atoms with Crippen molar-refractivity contribution in [3.05, 3.63) is 41.7 Å². The first-order valence-corrected chi connectivity index (χ1v) is 8.14. The zero-order valence-corrected chi connectivity index (χ0v) is 13.7. The zero-order chi connectivity index (χ0) is 16.9. The average Bonchev–Trinajstić information content (AvgIpc) is 2.99. The van der Waals surface area contributed by atoms with Crippen molar-refractivity contribution in [2.24, 2.45) is 5.92 Å². The van der Waals surface area contributed by atoms with Gasteiger partial charge in [-0.25, -0.2) is 9.37 Å². The molecule has 0 bridgehead atoms. The molecule has 0 atom stereocenters. The number of H-pyrrole nitrogens is 1. The lowest BCUT2D eigenvalue weighted by molar-refractivity contribution is -0.134. The number of rotatable bonds is 5. The largest absolute Gasteiger partial charge is 0.484 e. The number of carbonyl (C=O) groups is 1. The summed E-state index contributed by atoms with van der Waals surface area (Å²) in [5, 5.41) is 7.03. The van der Waals surface area contributed by atoms with Crippen LogP contribution in [-0.2, 0) is 11.2 Å². The van der Waals surface area contributed by atoms with Gasteiger partial charge < -0.3 is 9.64 Å². The lowest BCUT2D eigenvalue weighted by Crippen LogP contribution is -2.41. The van der Waals surface area contributed by atoms with Crippen molar-refractivity contribution in [1.82, 2.24) is 20.1 Å². The highest BCUT2D eigenvalue weighted by Gasteiger charge is 2.24. The van der Waals surface area contributed by atoms with Crippen LogP contribution in [0.2, 0.25) is 0 Å². The van der Waals surface area contributed by atoms with E-state index in [-0.39, 0.29) is 18.3 Å². The Morgan fingerprint density at radius 2 is 2.04 bits per heavy atom. The summed E-state index contributed by atoms with van der Waals surface area (Å²) in [6.07, 6.45) is 2.73. The number of aryl methyl sites for hydroxylation is 1. The molecule has 1 saturated heterocycles. The van der Waals surface area contributed by atoms with Crippen LogP contribution < -0.4 is 4.74 Å². The van der Waals surface area contributed by atoms with Crippen molar-refractivity contribution >= 4 is 5.91 Å². The summed E-state index contributed by atoms with van der Waals surface area (Å²) < 4.78 is 18.2. The van der Waals surface area contributed by atoms with Gasteiger partial charge in [-0.15, -0.1) is 0 Å². The molecule has 0 spiro atoms. The number of piperidine rings is 1. The fraction of sp³-hybridized carbons (Fsp3) is 0.471. The van der Waals surface area contributed by atoms with Crippen molar-refractivity contribution in [3.63, 3.8) is 0 Å². The molecule has 2 heterocycles. The maximum absolute atomic E-state index is 12.8. The molecule has 1 aromatic carbocycles. The number of hydrogen-bond donors (Lipinski definition) is 1. The van der Waals surface area contributed by atoms with Crippen LogP contribution in [0.1, 0.15) is 24.5 Å². The quantitative estimate of drug-likeness (QED) is 0.910. The van der Waals surface area contributed by atoms with Crippen LogP contribution in [0, 0.1) is 18.7 Å². The molecule has 0 unspecified atom stereocenters. The molecular weight excluding hydrogens is 311 g/mol. The summed E-state index contributed by atoms with van der Waals surface area (Å²) in [4.78, 5) is 18.4. The van der Waals surface area contributed by atoms with Gasteiger partial charge in [0.25, 0.3) is 5.91 Å². The normalized spacial score (nSPS) is 15.5. The summed E-state index contributed by atoms with van der Waals surface area (Å²) in [5.74, 6) is 2.32. The number of nitrogens with one attached hydrogen (secondary N) is 1. The van der Waals surface area contributed by atoms with Crippen molar-refractivity contribution in [1.29, 1.82) is 0 Å². The molecule has 128 valence electrons. The van der Waals surface area contributed by atoms with Crippen LogP contribution in [0.15, 0.2) is 24.3 Å². The third-order valence-corrected chi connectivity index (χ3v) is 4.26. The minimum atomic E-state index is -0.322. The Hall–Kier alpha value is -2.44. The van der Waals surface area contributed by atoms with E-state index < -0.39 is 0 Å². The lowest BCUT2D eigenvalue weighted by atomic mass is 9.93. The smallest absolute Gasteiger partial charge is 0.260 e. The molecule has 0 saturated carbocycles. The topological polar surface area (TPSA) is 71.1 Å². The summed E-state index contributed by atoms with van der Waals surface area (Å²) in [5.41, 5.74) is 0. The Kier molecular flexibility index (Phi) is 5.08. The molecule has 3 rings (SSSR count). The molecule has 7 heteroatoms. The van der Waals surface area contributed by atoms with Crippen molar-refractivity contribution in [3.8, 4) is 5.75 Å². The number of nitrogens with zero attached hydrogens (tertiary/aromatic N) is 3. The molecular formula is C17H21FN4O2. The molecule has 1 N–H and O–H groups in total. The first-order chi connectivity index (χ1) is 11.6. The van der Waals surface area contributed by atoms with E-state index >= 15 is 0 Å². The number of benzene rings is 1. The van der Waals surface area contributed by atoms with E-state index in [1.165, 1.54) is 24.3 Å². The first kappa shape index (κ1) is 16.4. The molecule has 6 nitrogen and oxygen atoms in total. The molecule has 0 aliphatic carbocycles. The molecule has 2 aromatic rings. The van der Waals surface area contributed by atoms with Gasteiger partial charge in [0.05, 0.1) is 0 Å². The fourth-order valence-electron chi connectivity index (χ4n) is 2.89. The van der Waals surface area contributed by atoms with Gasteiger partial charge in [0, 0.05) is 19.5 Å². The second-order valence-electron chi connectivity index (χ2n) is 6.11. The highest BCUT2D eigenvalue weighted by Crippen LogP contribution is 2.20. The molecule has 1 aliphatic heterocycles. The van der Waals surface area contributed by atoms with Crippen LogP contribution >= 0.6 is 0 Å². The van der Waals surface area contributed by atoms with E-state index in [1.807, 2.05) is 11.8 Å². The number of halogens is 1. The number of amides is 1. The summed E-state index contributed by atoms with van der Waals surface area (Å²) in [7, 11) is 0. The molecule has 1 aliphatic rings. The summed E-state index contributed by atoms with van der Waals surface area (Å²) >= 11 is 0. The Morgan fingerprint density at radius 1 is 1.33 bits per heavy atom. The van der Waals surface area contributed by atoms with E-state index in [9.17, 15) is 9.18 Å². The predicted molar refractivity (Wildman–Crippen MR) is 86.0 cm³/mol. The zero-order valence-electron chi connectivity index (χ0n) is 13.7. The number of ether oxygens (including phenoxy) is 1. The molecule has 1 fully saturated rings. The summed E-state index contributed by atoms with van der Waals surface area (Å²) in [6.45, 7) is 3.31. The summed E-state index contributed by atoms with van der Waals surface area (Å²) in [6, 6.07) is 5.67. The van der Waals surface area contributed by atoms with Gasteiger partial charge in [0.2, 0.25) is 0 Å². The highest BCUT2D eigenvalue weighted by molar-refractivity contribution is 5.77. The van der Waals surface area contributed by atoms with Crippen LogP contribution in [0.3, 0.4) is 0 Å². The van der Waals surface area contributed by atoms with Crippen molar-refractivity contribution in [2.45, 2.75) is 26.2 Å². The van der Waals surface area contributed by atoms with E-state index in [0.717, 1.165) is 44.0 Å². The number of hydrogen-bond acceptors (Lipinski definition) is 4. The van der Waals surface area contributed by atoms with Crippen LogP contribution in [0.25, 0.3) is 0 Å². The van der Waals surface area contributed by atoms with E-state index in [4.69, 9.17) is 4.74 Å². The van der Waals surface area contributed by atoms with Crippen LogP contribution in [0.4, 0.5) is 4.39 Å². The maximum Gasteiger partial charge on any atom is 0.260 e. The predicted octanol–water partition coefficient (Wildman–Crippen LogP) is 2.11. The molecule has 24 heavy (non-hydrogen) atoms. The van der Waals surface area contributed by atoms with Crippen molar-refractivity contribution < 1.29 is 13.9 Å².